The largest absolute Gasteiger partial charge is 0.493 e. The summed E-state index contributed by atoms with van der Waals surface area (Å²) in [7, 11) is 1.51. The fourth-order valence-corrected chi connectivity index (χ4v) is 3.85. The number of methoxy groups -OCH3 is 1. The molecule has 3 aromatic carbocycles. The van der Waals surface area contributed by atoms with E-state index in [9.17, 15) is 14.9 Å². The van der Waals surface area contributed by atoms with Crippen LogP contribution in [0.15, 0.2) is 64.2 Å². The van der Waals surface area contributed by atoms with Crippen molar-refractivity contribution in [3.8, 4) is 23.0 Å². The number of nitrogens with one attached hydrogen (secondary N) is 1. The first-order valence-corrected chi connectivity index (χ1v) is 11.2. The summed E-state index contributed by atoms with van der Waals surface area (Å²) in [6.45, 7) is 0.367. The van der Waals surface area contributed by atoms with Gasteiger partial charge in [0.15, 0.2) is 23.0 Å². The van der Waals surface area contributed by atoms with Crippen molar-refractivity contribution in [3.05, 3.63) is 85.9 Å². The van der Waals surface area contributed by atoms with E-state index in [0.29, 0.717) is 33.0 Å². The van der Waals surface area contributed by atoms with Crippen LogP contribution in [0.1, 0.15) is 16.7 Å². The summed E-state index contributed by atoms with van der Waals surface area (Å²) < 4.78 is 22.5. The highest BCUT2D eigenvalue weighted by Gasteiger charge is 2.15. The molecule has 0 atom stereocenters. The Labute approximate surface area is 208 Å². The van der Waals surface area contributed by atoms with Crippen LogP contribution >= 0.6 is 15.9 Å². The summed E-state index contributed by atoms with van der Waals surface area (Å²) in [6.07, 6.45) is 1.63. The highest BCUT2D eigenvalue weighted by molar-refractivity contribution is 9.10. The number of fused-ring (bicyclic) bond motifs is 1. The van der Waals surface area contributed by atoms with Crippen LogP contribution in [0.5, 0.6) is 23.0 Å². The second kappa shape index (κ2) is 10.9. The number of carbonyl (C=O) groups is 1. The molecule has 1 N–H and O–H groups in total. The zero-order valence-electron chi connectivity index (χ0n) is 18.5. The maximum atomic E-state index is 12.2. The van der Waals surface area contributed by atoms with E-state index in [2.05, 4.69) is 26.5 Å². The van der Waals surface area contributed by atoms with Gasteiger partial charge >= 0.3 is 0 Å². The van der Waals surface area contributed by atoms with Gasteiger partial charge in [0.05, 0.1) is 29.1 Å². The lowest BCUT2D eigenvalue weighted by Crippen LogP contribution is -2.19. The molecule has 0 aliphatic carbocycles. The van der Waals surface area contributed by atoms with Crippen LogP contribution in [0.4, 0.5) is 5.69 Å². The van der Waals surface area contributed by atoms with E-state index in [-0.39, 0.29) is 31.4 Å². The Hall–Kier alpha value is -4.12. The molecular formula is C24H20BrN3O7. The van der Waals surface area contributed by atoms with E-state index >= 15 is 0 Å². The first kappa shape index (κ1) is 24.0. The van der Waals surface area contributed by atoms with Crippen molar-refractivity contribution < 1.29 is 28.7 Å². The van der Waals surface area contributed by atoms with Gasteiger partial charge in [-0.05, 0) is 69.0 Å². The van der Waals surface area contributed by atoms with Gasteiger partial charge in [-0.25, -0.2) is 5.43 Å². The fraction of sp³-hybridized carbons (Fsp3) is 0.167. The summed E-state index contributed by atoms with van der Waals surface area (Å²) in [5.41, 5.74) is 4.72. The Morgan fingerprint density at radius 1 is 1.14 bits per heavy atom. The number of benzene rings is 3. The average Bonchev–Trinajstić information content (AvgIpc) is 3.31. The predicted molar refractivity (Wildman–Crippen MR) is 130 cm³/mol. The zero-order valence-corrected chi connectivity index (χ0v) is 20.1. The minimum atomic E-state index is -0.454. The number of nitro benzene ring substituents is 1. The normalized spacial score (nSPS) is 11.9. The number of ether oxygens (including phenoxy) is 4. The SMILES string of the molecule is COc1cc(/C=N\NC(=O)Cc2ccc3c(c2)OCO3)cc(Br)c1OCc1ccc([N+](=O)[O-])cc1. The van der Waals surface area contributed by atoms with Crippen LogP contribution in [0, 0.1) is 10.1 Å². The van der Waals surface area contributed by atoms with Crippen LogP contribution in [0.25, 0.3) is 0 Å². The summed E-state index contributed by atoms with van der Waals surface area (Å²) >= 11 is 3.47. The number of amides is 1. The van der Waals surface area contributed by atoms with Crippen LogP contribution in [0.3, 0.4) is 0 Å². The Bertz CT molecular complexity index is 1280. The second-order valence-electron chi connectivity index (χ2n) is 7.40. The first-order valence-electron chi connectivity index (χ1n) is 10.4. The minimum absolute atomic E-state index is 0.0131. The molecule has 0 bridgehead atoms. The number of carbonyl (C=O) groups excluding carboxylic acids is 1. The Kier molecular flexibility index (Phi) is 7.46. The Morgan fingerprint density at radius 2 is 1.89 bits per heavy atom. The summed E-state index contributed by atoms with van der Waals surface area (Å²) in [6, 6.07) is 14.9. The third-order valence-electron chi connectivity index (χ3n) is 4.99. The smallest absolute Gasteiger partial charge is 0.269 e. The topological polar surface area (TPSA) is 122 Å². The fourth-order valence-electron chi connectivity index (χ4n) is 3.28. The van der Waals surface area contributed by atoms with E-state index < -0.39 is 4.92 Å². The third-order valence-corrected chi connectivity index (χ3v) is 5.58. The molecule has 3 aromatic rings. The molecule has 0 fully saturated rings. The number of hydrogen-bond acceptors (Lipinski definition) is 8. The van der Waals surface area contributed by atoms with Crippen molar-refractivity contribution >= 4 is 33.7 Å². The lowest BCUT2D eigenvalue weighted by molar-refractivity contribution is -0.384. The van der Waals surface area contributed by atoms with Crippen LogP contribution in [-0.4, -0.2) is 30.9 Å². The van der Waals surface area contributed by atoms with E-state index in [1.807, 2.05) is 0 Å². The first-order chi connectivity index (χ1) is 16.9. The molecule has 0 radical (unpaired) electrons. The van der Waals surface area contributed by atoms with Gasteiger partial charge in [-0.1, -0.05) is 6.07 Å². The van der Waals surface area contributed by atoms with Gasteiger partial charge in [0, 0.05) is 12.1 Å². The number of rotatable bonds is 9. The van der Waals surface area contributed by atoms with E-state index in [0.717, 1.165) is 11.1 Å². The van der Waals surface area contributed by atoms with Crippen molar-refractivity contribution in [2.45, 2.75) is 13.0 Å². The highest BCUT2D eigenvalue weighted by Crippen LogP contribution is 2.37. The molecule has 0 saturated carbocycles. The van der Waals surface area contributed by atoms with Crippen LogP contribution < -0.4 is 24.4 Å². The summed E-state index contributed by atoms with van der Waals surface area (Å²) in [4.78, 5) is 22.6. The van der Waals surface area contributed by atoms with Crippen LogP contribution in [-0.2, 0) is 17.8 Å². The molecule has 1 aliphatic rings. The quantitative estimate of drug-likeness (QED) is 0.242. The van der Waals surface area contributed by atoms with Gasteiger partial charge < -0.3 is 18.9 Å². The van der Waals surface area contributed by atoms with Gasteiger partial charge in [-0.2, -0.15) is 5.10 Å². The monoisotopic (exact) mass is 541 g/mol. The summed E-state index contributed by atoms with van der Waals surface area (Å²) in [5.74, 6) is 1.91. The zero-order chi connectivity index (χ0) is 24.8. The lowest BCUT2D eigenvalue weighted by atomic mass is 10.1. The molecule has 0 saturated heterocycles. The second-order valence-corrected chi connectivity index (χ2v) is 8.26. The number of hydrogen-bond donors (Lipinski definition) is 1. The van der Waals surface area contributed by atoms with Gasteiger partial charge in [0.2, 0.25) is 12.7 Å². The molecule has 0 aromatic heterocycles. The van der Waals surface area contributed by atoms with Crippen molar-refractivity contribution in [2.24, 2.45) is 5.10 Å². The number of hydrazone groups is 1. The van der Waals surface area contributed by atoms with Gasteiger partial charge in [0.25, 0.3) is 5.69 Å². The lowest BCUT2D eigenvalue weighted by Gasteiger charge is -2.13. The molecule has 4 rings (SSSR count). The minimum Gasteiger partial charge on any atom is -0.493 e. The molecule has 0 spiro atoms. The average molecular weight is 542 g/mol. The number of halogens is 1. The highest BCUT2D eigenvalue weighted by atomic mass is 79.9. The predicted octanol–water partition coefficient (Wildman–Crippen LogP) is 4.37. The standard InChI is InChI=1S/C24H20BrN3O7/c1-32-22-10-17(8-19(25)24(22)33-13-15-2-5-18(6-3-15)28(30)31)12-26-27-23(29)11-16-4-7-20-21(9-16)35-14-34-20/h2-10,12H,11,13-14H2,1H3,(H,27,29)/b26-12-. The third kappa shape index (κ3) is 6.07. The number of non-ortho nitro benzene ring substituents is 1. The molecule has 0 unspecified atom stereocenters. The molecule has 1 aliphatic heterocycles. The van der Waals surface area contributed by atoms with Gasteiger partial charge in [-0.15, -0.1) is 0 Å². The molecule has 11 heteroatoms. The van der Waals surface area contributed by atoms with Crippen molar-refractivity contribution in [2.75, 3.05) is 13.9 Å². The van der Waals surface area contributed by atoms with Gasteiger partial charge in [-0.3, -0.25) is 14.9 Å². The molecular weight excluding hydrogens is 522 g/mol. The number of nitro groups is 1. The van der Waals surface area contributed by atoms with E-state index in [4.69, 9.17) is 18.9 Å². The number of nitrogens with zero attached hydrogens (tertiary/aromatic N) is 2. The molecule has 10 nitrogen and oxygen atoms in total. The van der Waals surface area contributed by atoms with Crippen molar-refractivity contribution in [1.82, 2.24) is 5.43 Å². The Morgan fingerprint density at radius 3 is 2.63 bits per heavy atom. The molecule has 35 heavy (non-hydrogen) atoms. The van der Waals surface area contributed by atoms with E-state index in [1.54, 1.807) is 42.5 Å². The van der Waals surface area contributed by atoms with Crippen LogP contribution in [0.2, 0.25) is 0 Å². The van der Waals surface area contributed by atoms with E-state index in [1.165, 1.54) is 25.5 Å². The van der Waals surface area contributed by atoms with Crippen molar-refractivity contribution in [1.29, 1.82) is 0 Å². The van der Waals surface area contributed by atoms with Crippen molar-refractivity contribution in [3.63, 3.8) is 0 Å². The molecule has 180 valence electrons. The maximum Gasteiger partial charge on any atom is 0.269 e. The Balaban J connectivity index is 1.36. The molecule has 1 heterocycles. The molecule has 1 amide bonds. The van der Waals surface area contributed by atoms with Gasteiger partial charge in [0.1, 0.15) is 6.61 Å². The maximum absolute atomic E-state index is 12.2. The summed E-state index contributed by atoms with van der Waals surface area (Å²) in [5, 5.41) is 14.8.